The molecule has 0 bridgehead atoms. The van der Waals surface area contributed by atoms with Gasteiger partial charge in [-0.05, 0) is 67.8 Å². The van der Waals surface area contributed by atoms with E-state index in [1.165, 1.54) is 29.4 Å². The minimum absolute atomic E-state index is 0.167. The summed E-state index contributed by atoms with van der Waals surface area (Å²) in [4.78, 5) is 34.3. The van der Waals surface area contributed by atoms with Gasteiger partial charge >= 0.3 is 0 Å². The third-order valence-corrected chi connectivity index (χ3v) is 6.91. The molecule has 2 N–H and O–H groups in total. The number of rotatable bonds is 4. The highest BCUT2D eigenvalue weighted by Crippen LogP contribution is 2.32. The van der Waals surface area contributed by atoms with Crippen LogP contribution < -0.4 is 10.6 Å². The Labute approximate surface area is 207 Å². The van der Waals surface area contributed by atoms with E-state index in [0.717, 1.165) is 37.9 Å². The number of anilines is 2. The molecule has 0 radical (unpaired) electrons. The number of para-hydroxylation sites is 1. The molecule has 5 rings (SSSR count). The van der Waals surface area contributed by atoms with Crippen LogP contribution in [0.3, 0.4) is 0 Å². The van der Waals surface area contributed by atoms with Crippen LogP contribution in [0.25, 0.3) is 32.4 Å². The van der Waals surface area contributed by atoms with Crippen molar-refractivity contribution in [2.75, 3.05) is 10.6 Å². The Morgan fingerprint density at radius 3 is 2.40 bits per heavy atom. The van der Waals surface area contributed by atoms with Crippen molar-refractivity contribution in [2.24, 2.45) is 0 Å². The van der Waals surface area contributed by atoms with Crippen molar-refractivity contribution in [3.05, 3.63) is 82.9 Å². The van der Waals surface area contributed by atoms with Gasteiger partial charge in [-0.15, -0.1) is 0 Å². The molecule has 5 aromatic rings. The summed E-state index contributed by atoms with van der Waals surface area (Å²) in [5.41, 5.74) is 7.84. The predicted octanol–water partition coefficient (Wildman–Crippen LogP) is 6.65. The van der Waals surface area contributed by atoms with Crippen molar-refractivity contribution >= 4 is 55.1 Å². The van der Waals surface area contributed by atoms with Crippen molar-refractivity contribution in [1.29, 1.82) is 0 Å². The van der Waals surface area contributed by atoms with Crippen LogP contribution in [0.1, 0.15) is 34.0 Å². The zero-order chi connectivity index (χ0) is 24.7. The molecule has 3 aromatic carbocycles. The number of benzene rings is 3. The second kappa shape index (κ2) is 8.92. The van der Waals surface area contributed by atoms with Crippen LogP contribution in [-0.2, 0) is 4.79 Å². The summed E-state index contributed by atoms with van der Waals surface area (Å²) in [6.07, 6.45) is 0. The smallest absolute Gasteiger partial charge is 0.256 e. The lowest BCUT2D eigenvalue weighted by Gasteiger charge is -2.12. The molecule has 2 heterocycles. The van der Waals surface area contributed by atoms with Crippen LogP contribution in [0.5, 0.6) is 0 Å². The van der Waals surface area contributed by atoms with Gasteiger partial charge in [-0.25, -0.2) is 9.97 Å². The zero-order valence-electron chi connectivity index (χ0n) is 19.9. The third-order valence-electron chi connectivity index (χ3n) is 5.99. The minimum atomic E-state index is -0.209. The fraction of sp³-hybridized carbons (Fsp3) is 0.143. The van der Waals surface area contributed by atoms with Gasteiger partial charge < -0.3 is 10.6 Å². The van der Waals surface area contributed by atoms with Gasteiger partial charge in [-0.3, -0.25) is 9.59 Å². The first-order chi connectivity index (χ1) is 16.8. The summed E-state index contributed by atoms with van der Waals surface area (Å²) in [7, 11) is 0. The maximum atomic E-state index is 13.5. The molecule has 6 nitrogen and oxygen atoms in total. The van der Waals surface area contributed by atoms with Crippen LogP contribution >= 0.6 is 11.3 Å². The average molecular weight is 481 g/mol. The topological polar surface area (TPSA) is 84.0 Å². The molecule has 0 spiro atoms. The number of fused-ring (bicyclic) bond motifs is 2. The summed E-state index contributed by atoms with van der Waals surface area (Å²) in [6, 6.07) is 19.5. The maximum absolute atomic E-state index is 13.5. The number of amides is 2. The molecule has 0 atom stereocenters. The molecule has 7 heteroatoms. The molecule has 0 saturated carbocycles. The van der Waals surface area contributed by atoms with Gasteiger partial charge in [0, 0.05) is 23.6 Å². The summed E-state index contributed by atoms with van der Waals surface area (Å²) >= 11 is 1.38. The summed E-state index contributed by atoms with van der Waals surface area (Å²) in [5, 5.41) is 7.12. The SMILES string of the molecule is CC(=O)Nc1nc2c(C)cc(NC(=O)c3cc(-c4ccc(C)c(C)c4)nc4ccccc34)cc2s1. The van der Waals surface area contributed by atoms with Gasteiger partial charge in [0.15, 0.2) is 5.13 Å². The number of hydrogen-bond donors (Lipinski definition) is 2. The van der Waals surface area contributed by atoms with E-state index in [1.807, 2.05) is 55.5 Å². The van der Waals surface area contributed by atoms with Gasteiger partial charge in [0.1, 0.15) is 0 Å². The number of nitrogens with one attached hydrogen (secondary N) is 2. The molecule has 0 unspecified atom stereocenters. The summed E-state index contributed by atoms with van der Waals surface area (Å²) < 4.78 is 0.888. The number of aromatic nitrogens is 2. The van der Waals surface area contributed by atoms with Gasteiger partial charge in [-0.2, -0.15) is 0 Å². The predicted molar refractivity (Wildman–Crippen MR) is 143 cm³/mol. The average Bonchev–Trinajstić information content (AvgIpc) is 3.22. The molecule has 0 fully saturated rings. The molecule has 35 heavy (non-hydrogen) atoms. The second-order valence-corrected chi connectivity index (χ2v) is 9.70. The molecule has 0 saturated heterocycles. The van der Waals surface area contributed by atoms with Crippen LogP contribution in [0.15, 0.2) is 60.7 Å². The lowest BCUT2D eigenvalue weighted by Crippen LogP contribution is -2.13. The van der Waals surface area contributed by atoms with Crippen LogP contribution in [0, 0.1) is 20.8 Å². The number of pyridine rings is 1. The van der Waals surface area contributed by atoms with Gasteiger partial charge in [0.05, 0.1) is 27.0 Å². The Morgan fingerprint density at radius 2 is 1.63 bits per heavy atom. The standard InChI is InChI=1S/C28H24N4O2S/c1-15-9-10-19(11-16(15)2)24-14-22(21-7-5-6-8-23(21)31-24)27(34)30-20-12-17(3)26-25(13-20)35-28(32-26)29-18(4)33/h5-14H,1-4H3,(H,30,34)(H,29,32,33). The highest BCUT2D eigenvalue weighted by atomic mass is 32.1. The summed E-state index contributed by atoms with van der Waals surface area (Å²) in [5.74, 6) is -0.376. The number of carbonyl (C=O) groups excluding carboxylic acids is 2. The first-order valence-corrected chi connectivity index (χ1v) is 12.1. The van der Waals surface area contributed by atoms with Crippen molar-refractivity contribution in [2.45, 2.75) is 27.7 Å². The second-order valence-electron chi connectivity index (χ2n) is 8.67. The highest BCUT2D eigenvalue weighted by Gasteiger charge is 2.16. The Hall–Kier alpha value is -4.10. The number of aryl methyl sites for hydroxylation is 3. The largest absolute Gasteiger partial charge is 0.322 e. The highest BCUT2D eigenvalue weighted by molar-refractivity contribution is 7.22. The van der Waals surface area contributed by atoms with E-state index < -0.39 is 0 Å². The molecule has 2 amide bonds. The van der Waals surface area contributed by atoms with E-state index in [-0.39, 0.29) is 11.8 Å². The lowest BCUT2D eigenvalue weighted by molar-refractivity contribution is -0.114. The molecule has 0 aliphatic heterocycles. The first kappa shape index (κ1) is 22.7. The van der Waals surface area contributed by atoms with E-state index in [4.69, 9.17) is 4.98 Å². The normalized spacial score (nSPS) is 11.1. The molecular formula is C28H24N4O2S. The van der Waals surface area contributed by atoms with E-state index in [2.05, 4.69) is 41.6 Å². The van der Waals surface area contributed by atoms with Crippen molar-refractivity contribution in [3.8, 4) is 11.3 Å². The van der Waals surface area contributed by atoms with E-state index in [9.17, 15) is 9.59 Å². The van der Waals surface area contributed by atoms with E-state index in [1.54, 1.807) is 0 Å². The van der Waals surface area contributed by atoms with E-state index >= 15 is 0 Å². The molecule has 0 aliphatic rings. The summed E-state index contributed by atoms with van der Waals surface area (Å²) in [6.45, 7) is 7.54. The van der Waals surface area contributed by atoms with E-state index in [0.29, 0.717) is 16.4 Å². The van der Waals surface area contributed by atoms with Gasteiger partial charge in [-0.1, -0.05) is 41.7 Å². The van der Waals surface area contributed by atoms with Crippen LogP contribution in [0.2, 0.25) is 0 Å². The maximum Gasteiger partial charge on any atom is 0.256 e. The molecule has 2 aromatic heterocycles. The Bertz CT molecular complexity index is 1640. The van der Waals surface area contributed by atoms with Crippen molar-refractivity contribution in [1.82, 2.24) is 9.97 Å². The fourth-order valence-electron chi connectivity index (χ4n) is 4.08. The van der Waals surface area contributed by atoms with Crippen LogP contribution in [0.4, 0.5) is 10.8 Å². The Morgan fingerprint density at radius 1 is 0.829 bits per heavy atom. The third kappa shape index (κ3) is 4.50. The Kier molecular flexibility index (Phi) is 5.78. The molecule has 174 valence electrons. The number of carbonyl (C=O) groups is 2. The number of thiazole rings is 1. The first-order valence-electron chi connectivity index (χ1n) is 11.3. The monoisotopic (exact) mass is 480 g/mol. The minimum Gasteiger partial charge on any atom is -0.322 e. The fourth-order valence-corrected chi connectivity index (χ4v) is 5.11. The van der Waals surface area contributed by atoms with Gasteiger partial charge in [0.2, 0.25) is 5.91 Å². The molecular weight excluding hydrogens is 456 g/mol. The lowest BCUT2D eigenvalue weighted by atomic mass is 10.0. The van der Waals surface area contributed by atoms with Gasteiger partial charge in [0.25, 0.3) is 5.91 Å². The Balaban J connectivity index is 1.54. The number of nitrogens with zero attached hydrogens (tertiary/aromatic N) is 2. The quantitative estimate of drug-likeness (QED) is 0.302. The number of hydrogen-bond acceptors (Lipinski definition) is 5. The van der Waals surface area contributed by atoms with Crippen molar-refractivity contribution in [3.63, 3.8) is 0 Å². The molecule has 0 aliphatic carbocycles. The van der Waals surface area contributed by atoms with Crippen molar-refractivity contribution < 1.29 is 9.59 Å². The zero-order valence-corrected chi connectivity index (χ0v) is 20.7. The van der Waals surface area contributed by atoms with Crippen LogP contribution in [-0.4, -0.2) is 21.8 Å².